The average Bonchev–Trinajstić information content (AvgIpc) is 2.77. The predicted molar refractivity (Wildman–Crippen MR) is 81.0 cm³/mol. The van der Waals surface area contributed by atoms with Gasteiger partial charge in [0.05, 0.1) is 12.3 Å². The van der Waals surface area contributed by atoms with Gasteiger partial charge in [0.25, 0.3) is 10.0 Å². The minimum absolute atomic E-state index is 0.128. The van der Waals surface area contributed by atoms with Crippen molar-refractivity contribution >= 4 is 31.6 Å². The Morgan fingerprint density at radius 2 is 2.10 bits per heavy atom. The summed E-state index contributed by atoms with van der Waals surface area (Å²) in [6, 6.07) is 6.77. The largest absolute Gasteiger partial charge is 0.390 e. The highest BCUT2D eigenvalue weighted by Gasteiger charge is 2.18. The Morgan fingerprint density at radius 3 is 2.70 bits per heavy atom. The van der Waals surface area contributed by atoms with Crippen molar-refractivity contribution in [3.8, 4) is 0 Å². The topological polar surface area (TPSA) is 71.3 Å². The van der Waals surface area contributed by atoms with Gasteiger partial charge in [-0.3, -0.25) is 4.72 Å². The van der Waals surface area contributed by atoms with E-state index in [0.29, 0.717) is 11.4 Å². The summed E-state index contributed by atoms with van der Waals surface area (Å²) in [6.07, 6.45) is 1.47. The molecule has 108 valence electrons. The normalized spacial score (nSPS) is 11.6. The molecular weight excluding hydrogens is 344 g/mol. The minimum atomic E-state index is -3.67. The highest BCUT2D eigenvalue weighted by molar-refractivity contribution is 9.10. The lowest BCUT2D eigenvalue weighted by Gasteiger charge is -2.10. The van der Waals surface area contributed by atoms with Gasteiger partial charge in [-0.15, -0.1) is 0 Å². The van der Waals surface area contributed by atoms with E-state index in [0.717, 1.165) is 10.0 Å². The van der Waals surface area contributed by atoms with Gasteiger partial charge in [-0.1, -0.05) is 22.0 Å². The second-order valence-corrected chi connectivity index (χ2v) is 6.99. The first-order valence-corrected chi connectivity index (χ1v) is 8.17. The Hall–Kier alpha value is -1.31. The van der Waals surface area contributed by atoms with Crippen LogP contribution in [0.25, 0.3) is 0 Å². The van der Waals surface area contributed by atoms with E-state index >= 15 is 0 Å². The highest BCUT2D eigenvalue weighted by Crippen LogP contribution is 2.26. The first-order chi connectivity index (χ1) is 9.35. The van der Waals surface area contributed by atoms with Gasteiger partial charge in [0.2, 0.25) is 0 Å². The van der Waals surface area contributed by atoms with Crippen molar-refractivity contribution in [3.05, 3.63) is 46.2 Å². The summed E-state index contributed by atoms with van der Waals surface area (Å²) in [5.41, 5.74) is 1.87. The van der Waals surface area contributed by atoms with Gasteiger partial charge in [-0.05, 0) is 30.7 Å². The summed E-state index contributed by atoms with van der Waals surface area (Å²) in [7, 11) is -1.98. The molecule has 20 heavy (non-hydrogen) atoms. The first-order valence-electron chi connectivity index (χ1n) is 5.89. The molecule has 0 fully saturated rings. The lowest BCUT2D eigenvalue weighted by molar-refractivity contribution is 0.272. The third kappa shape index (κ3) is 2.89. The number of halogens is 1. The molecule has 0 amide bonds. The van der Waals surface area contributed by atoms with E-state index in [2.05, 4.69) is 20.7 Å². The maximum Gasteiger partial charge on any atom is 0.263 e. The van der Waals surface area contributed by atoms with Crippen LogP contribution in [0.1, 0.15) is 11.3 Å². The number of aryl methyl sites for hydroxylation is 1. The molecule has 0 aliphatic heterocycles. The summed E-state index contributed by atoms with van der Waals surface area (Å²) in [6.45, 7) is 1.62. The van der Waals surface area contributed by atoms with Crippen LogP contribution in [0.5, 0.6) is 0 Å². The number of aromatic nitrogens is 1. The van der Waals surface area contributed by atoms with Crippen LogP contribution in [-0.4, -0.2) is 18.1 Å². The van der Waals surface area contributed by atoms with E-state index in [1.165, 1.54) is 12.3 Å². The molecule has 1 aromatic heterocycles. The number of nitrogens with zero attached hydrogens (tertiary/aromatic N) is 1. The maximum absolute atomic E-state index is 12.3. The fourth-order valence-electron chi connectivity index (χ4n) is 1.80. The highest BCUT2D eigenvalue weighted by atomic mass is 79.9. The Morgan fingerprint density at radius 1 is 1.40 bits per heavy atom. The van der Waals surface area contributed by atoms with Crippen molar-refractivity contribution in [1.82, 2.24) is 4.57 Å². The zero-order valence-corrected chi connectivity index (χ0v) is 13.5. The van der Waals surface area contributed by atoms with Gasteiger partial charge in [-0.25, -0.2) is 8.42 Å². The first kappa shape index (κ1) is 15.1. The van der Waals surface area contributed by atoms with E-state index < -0.39 is 10.0 Å². The quantitative estimate of drug-likeness (QED) is 0.881. The van der Waals surface area contributed by atoms with Gasteiger partial charge in [-0.2, -0.15) is 0 Å². The van der Waals surface area contributed by atoms with E-state index in [-0.39, 0.29) is 11.5 Å². The van der Waals surface area contributed by atoms with Crippen LogP contribution in [0, 0.1) is 6.92 Å². The third-order valence-electron chi connectivity index (χ3n) is 3.07. The molecular formula is C13H15BrN2O3S. The van der Waals surface area contributed by atoms with Gasteiger partial charge in [0, 0.05) is 23.4 Å². The summed E-state index contributed by atoms with van der Waals surface area (Å²) in [5, 5.41) is 9.13. The Kier molecular flexibility index (Phi) is 4.22. The molecule has 0 aliphatic carbocycles. The smallest absolute Gasteiger partial charge is 0.263 e. The predicted octanol–water partition coefficient (Wildman–Crippen LogP) is 2.39. The van der Waals surface area contributed by atoms with E-state index in [9.17, 15) is 8.42 Å². The molecule has 5 nitrogen and oxygen atoms in total. The lowest BCUT2D eigenvalue weighted by Crippen LogP contribution is -2.13. The van der Waals surface area contributed by atoms with Crippen LogP contribution >= 0.6 is 15.9 Å². The average molecular weight is 359 g/mol. The fourth-order valence-corrected chi connectivity index (χ4v) is 3.39. The molecule has 1 heterocycles. The molecule has 2 aromatic rings. The number of aliphatic hydroxyl groups is 1. The molecule has 2 rings (SSSR count). The van der Waals surface area contributed by atoms with Crippen LogP contribution in [0.4, 0.5) is 5.69 Å². The number of hydrogen-bond donors (Lipinski definition) is 2. The van der Waals surface area contributed by atoms with Crippen LogP contribution in [-0.2, 0) is 23.7 Å². The van der Waals surface area contributed by atoms with E-state index in [4.69, 9.17) is 5.11 Å². The molecule has 2 N–H and O–H groups in total. The Balaban J connectivity index is 2.38. The van der Waals surface area contributed by atoms with Crippen molar-refractivity contribution in [3.63, 3.8) is 0 Å². The minimum Gasteiger partial charge on any atom is -0.390 e. The second kappa shape index (κ2) is 5.59. The lowest BCUT2D eigenvalue weighted by atomic mass is 10.2. The standard InChI is InChI=1S/C13H15BrN2O3S/c1-9-12(14)4-3-5-13(9)15-20(18,19)11-6-10(8-17)16(2)7-11/h3-7,15,17H,8H2,1-2H3. The molecule has 0 bridgehead atoms. The molecule has 0 spiro atoms. The van der Waals surface area contributed by atoms with E-state index in [1.54, 1.807) is 23.7 Å². The van der Waals surface area contributed by atoms with Crippen LogP contribution in [0.3, 0.4) is 0 Å². The molecule has 1 aromatic carbocycles. The number of benzene rings is 1. The Bertz CT molecular complexity index is 738. The fraction of sp³-hybridized carbons (Fsp3) is 0.231. The molecule has 0 saturated carbocycles. The van der Waals surface area contributed by atoms with Crippen LogP contribution in [0.15, 0.2) is 39.8 Å². The molecule has 0 unspecified atom stereocenters. The Labute approximate surface area is 126 Å². The summed E-state index contributed by atoms with van der Waals surface area (Å²) in [4.78, 5) is 0.128. The van der Waals surface area contributed by atoms with Crippen LogP contribution < -0.4 is 4.72 Å². The van der Waals surface area contributed by atoms with Crippen molar-refractivity contribution in [2.75, 3.05) is 4.72 Å². The molecule has 0 atom stereocenters. The van der Waals surface area contributed by atoms with E-state index in [1.807, 2.05) is 13.0 Å². The number of sulfonamides is 1. The summed E-state index contributed by atoms with van der Waals surface area (Å²) >= 11 is 3.36. The number of anilines is 1. The van der Waals surface area contributed by atoms with Gasteiger partial charge < -0.3 is 9.67 Å². The van der Waals surface area contributed by atoms with Crippen molar-refractivity contribution < 1.29 is 13.5 Å². The second-order valence-electron chi connectivity index (χ2n) is 4.45. The molecule has 7 heteroatoms. The third-order valence-corrected chi connectivity index (χ3v) is 5.26. The van der Waals surface area contributed by atoms with Gasteiger partial charge in [0.15, 0.2) is 0 Å². The molecule has 0 saturated heterocycles. The zero-order chi connectivity index (χ0) is 14.9. The van der Waals surface area contributed by atoms with Gasteiger partial charge in [0.1, 0.15) is 4.90 Å². The van der Waals surface area contributed by atoms with Crippen molar-refractivity contribution in [2.24, 2.45) is 7.05 Å². The van der Waals surface area contributed by atoms with Crippen LogP contribution in [0.2, 0.25) is 0 Å². The SMILES string of the molecule is Cc1c(Br)cccc1NS(=O)(=O)c1cc(CO)n(C)c1. The van der Waals surface area contributed by atoms with Crippen molar-refractivity contribution in [2.45, 2.75) is 18.4 Å². The number of rotatable bonds is 4. The summed E-state index contributed by atoms with van der Waals surface area (Å²) in [5.74, 6) is 0. The maximum atomic E-state index is 12.3. The molecule has 0 radical (unpaired) electrons. The van der Waals surface area contributed by atoms with Gasteiger partial charge >= 0.3 is 0 Å². The monoisotopic (exact) mass is 358 g/mol. The number of hydrogen-bond acceptors (Lipinski definition) is 3. The summed E-state index contributed by atoms with van der Waals surface area (Å²) < 4.78 is 29.6. The number of nitrogens with one attached hydrogen (secondary N) is 1. The zero-order valence-electron chi connectivity index (χ0n) is 11.1. The number of aliphatic hydroxyl groups excluding tert-OH is 1. The van der Waals surface area contributed by atoms with Crippen molar-refractivity contribution in [1.29, 1.82) is 0 Å². The molecule has 0 aliphatic rings.